The third kappa shape index (κ3) is 4.16. The minimum atomic E-state index is -0.770. The average Bonchev–Trinajstić information content (AvgIpc) is 3.07. The number of aliphatic hydroxyl groups excluding tert-OH is 1. The zero-order valence-corrected chi connectivity index (χ0v) is 14.1. The molecule has 0 bridgehead atoms. The van der Waals surface area contributed by atoms with Gasteiger partial charge in [0.15, 0.2) is 0 Å². The monoisotopic (exact) mass is 339 g/mol. The standard InChI is InChI=1S/C19H21N3O3/c1-25-15-6-4-5-14(11-15)18(23)12-20-19(24)9-10-22-13-21-16-7-2-3-8-17(16)22/h2-8,11,13,18,23H,9-10,12H2,1H3,(H,20,24). The Morgan fingerprint density at radius 3 is 2.96 bits per heavy atom. The van der Waals surface area contributed by atoms with Gasteiger partial charge in [0.05, 0.1) is 30.6 Å². The van der Waals surface area contributed by atoms with Crippen LogP contribution in [0, 0.1) is 0 Å². The summed E-state index contributed by atoms with van der Waals surface area (Å²) in [4.78, 5) is 16.4. The summed E-state index contributed by atoms with van der Waals surface area (Å²) >= 11 is 0. The van der Waals surface area contributed by atoms with E-state index >= 15 is 0 Å². The summed E-state index contributed by atoms with van der Waals surface area (Å²) in [6, 6.07) is 15.0. The highest BCUT2D eigenvalue weighted by Gasteiger charge is 2.11. The van der Waals surface area contributed by atoms with E-state index in [-0.39, 0.29) is 12.5 Å². The first-order valence-electron chi connectivity index (χ1n) is 8.16. The van der Waals surface area contributed by atoms with Crippen molar-refractivity contribution < 1.29 is 14.6 Å². The maximum absolute atomic E-state index is 12.1. The molecular formula is C19H21N3O3. The Morgan fingerprint density at radius 1 is 1.28 bits per heavy atom. The number of amides is 1. The topological polar surface area (TPSA) is 76.4 Å². The molecule has 0 fully saturated rings. The zero-order chi connectivity index (χ0) is 17.6. The van der Waals surface area contributed by atoms with Crippen LogP contribution in [0.1, 0.15) is 18.1 Å². The maximum atomic E-state index is 12.1. The molecule has 0 saturated carbocycles. The summed E-state index contributed by atoms with van der Waals surface area (Å²) in [7, 11) is 1.58. The van der Waals surface area contributed by atoms with E-state index in [9.17, 15) is 9.90 Å². The molecule has 0 radical (unpaired) electrons. The number of aliphatic hydroxyl groups is 1. The minimum absolute atomic E-state index is 0.111. The molecule has 2 aromatic carbocycles. The number of methoxy groups -OCH3 is 1. The van der Waals surface area contributed by atoms with Gasteiger partial charge in [0.25, 0.3) is 0 Å². The van der Waals surface area contributed by atoms with Crippen LogP contribution in [0.4, 0.5) is 0 Å². The minimum Gasteiger partial charge on any atom is -0.497 e. The smallest absolute Gasteiger partial charge is 0.221 e. The molecule has 1 heterocycles. The molecule has 6 nitrogen and oxygen atoms in total. The predicted octanol–water partition coefficient (Wildman–Crippen LogP) is 2.28. The van der Waals surface area contributed by atoms with Crippen molar-refractivity contribution >= 4 is 16.9 Å². The van der Waals surface area contributed by atoms with Gasteiger partial charge in [0.1, 0.15) is 5.75 Å². The molecule has 0 aliphatic carbocycles. The van der Waals surface area contributed by atoms with Gasteiger partial charge in [0.2, 0.25) is 5.91 Å². The van der Waals surface area contributed by atoms with Crippen LogP contribution >= 0.6 is 0 Å². The van der Waals surface area contributed by atoms with Crippen LogP contribution in [0.3, 0.4) is 0 Å². The molecule has 25 heavy (non-hydrogen) atoms. The Labute approximate surface area is 146 Å². The van der Waals surface area contributed by atoms with E-state index in [0.717, 1.165) is 11.0 Å². The first kappa shape index (κ1) is 17.0. The van der Waals surface area contributed by atoms with Crippen LogP contribution < -0.4 is 10.1 Å². The molecule has 1 unspecified atom stereocenters. The molecule has 0 aliphatic rings. The van der Waals surface area contributed by atoms with Crippen molar-refractivity contribution in [1.82, 2.24) is 14.9 Å². The summed E-state index contributed by atoms with van der Waals surface area (Å²) in [6.45, 7) is 0.707. The predicted molar refractivity (Wildman–Crippen MR) is 95.3 cm³/mol. The molecule has 0 saturated heterocycles. The fraction of sp³-hybridized carbons (Fsp3) is 0.263. The molecule has 0 spiro atoms. The van der Waals surface area contributed by atoms with Crippen LogP contribution in [0.2, 0.25) is 0 Å². The molecule has 130 valence electrons. The highest BCUT2D eigenvalue weighted by atomic mass is 16.5. The number of nitrogens with zero attached hydrogens (tertiary/aromatic N) is 2. The Kier molecular flexibility index (Phi) is 5.30. The zero-order valence-electron chi connectivity index (χ0n) is 14.1. The molecule has 3 rings (SSSR count). The van der Waals surface area contributed by atoms with Crippen molar-refractivity contribution in [3.8, 4) is 5.75 Å². The number of benzene rings is 2. The highest BCUT2D eigenvalue weighted by molar-refractivity contribution is 5.77. The molecule has 2 N–H and O–H groups in total. The normalized spacial score (nSPS) is 12.1. The van der Waals surface area contributed by atoms with Gasteiger partial charge < -0.3 is 19.7 Å². The van der Waals surface area contributed by atoms with Crippen LogP contribution in [0.25, 0.3) is 11.0 Å². The lowest BCUT2D eigenvalue weighted by Crippen LogP contribution is -2.29. The Balaban J connectivity index is 1.51. The second-order valence-corrected chi connectivity index (χ2v) is 5.77. The van der Waals surface area contributed by atoms with Crippen molar-refractivity contribution in [3.05, 3.63) is 60.4 Å². The number of para-hydroxylation sites is 2. The first-order chi connectivity index (χ1) is 12.2. The number of carbonyl (C=O) groups is 1. The van der Waals surface area contributed by atoms with Gasteiger partial charge in [0, 0.05) is 19.5 Å². The molecule has 0 aliphatic heterocycles. The number of hydrogen-bond acceptors (Lipinski definition) is 4. The van der Waals surface area contributed by atoms with Gasteiger partial charge in [-0.2, -0.15) is 0 Å². The van der Waals surface area contributed by atoms with E-state index in [1.54, 1.807) is 25.6 Å². The summed E-state index contributed by atoms with van der Waals surface area (Å²) in [5.41, 5.74) is 2.63. The number of nitrogens with one attached hydrogen (secondary N) is 1. The van der Waals surface area contributed by atoms with Crippen molar-refractivity contribution in [1.29, 1.82) is 0 Å². The number of fused-ring (bicyclic) bond motifs is 1. The lowest BCUT2D eigenvalue weighted by molar-refractivity contribution is -0.121. The van der Waals surface area contributed by atoms with Gasteiger partial charge in [-0.25, -0.2) is 4.98 Å². The SMILES string of the molecule is COc1cccc(C(O)CNC(=O)CCn2cnc3ccccc32)c1. The third-order valence-corrected chi connectivity index (χ3v) is 4.08. The first-order valence-corrected chi connectivity index (χ1v) is 8.16. The number of ether oxygens (including phenoxy) is 1. The fourth-order valence-electron chi connectivity index (χ4n) is 2.68. The van der Waals surface area contributed by atoms with Gasteiger partial charge in [-0.3, -0.25) is 4.79 Å². The second-order valence-electron chi connectivity index (χ2n) is 5.77. The molecule has 3 aromatic rings. The van der Waals surface area contributed by atoms with E-state index in [4.69, 9.17) is 4.74 Å². The molecule has 1 aromatic heterocycles. The number of rotatable bonds is 7. The number of imidazole rings is 1. The van der Waals surface area contributed by atoms with E-state index in [1.807, 2.05) is 41.0 Å². The lowest BCUT2D eigenvalue weighted by atomic mass is 10.1. The maximum Gasteiger partial charge on any atom is 0.221 e. The van der Waals surface area contributed by atoms with Crippen LogP contribution in [-0.2, 0) is 11.3 Å². The van der Waals surface area contributed by atoms with Crippen LogP contribution in [-0.4, -0.2) is 34.2 Å². The third-order valence-electron chi connectivity index (χ3n) is 4.08. The largest absolute Gasteiger partial charge is 0.497 e. The summed E-state index contributed by atoms with van der Waals surface area (Å²) in [6.07, 6.45) is 1.29. The van der Waals surface area contributed by atoms with Gasteiger partial charge in [-0.15, -0.1) is 0 Å². The van der Waals surface area contributed by atoms with E-state index in [1.165, 1.54) is 0 Å². The summed E-state index contributed by atoms with van der Waals surface area (Å²) in [5, 5.41) is 13.0. The van der Waals surface area contributed by atoms with Crippen LogP contribution in [0.5, 0.6) is 5.75 Å². The van der Waals surface area contributed by atoms with Gasteiger partial charge in [-0.05, 0) is 29.8 Å². The van der Waals surface area contributed by atoms with Gasteiger partial charge >= 0.3 is 0 Å². The van der Waals surface area contributed by atoms with E-state index in [0.29, 0.717) is 24.3 Å². The lowest BCUT2D eigenvalue weighted by Gasteiger charge is -2.13. The second kappa shape index (κ2) is 7.81. The molecule has 6 heteroatoms. The Hall–Kier alpha value is -2.86. The van der Waals surface area contributed by atoms with E-state index < -0.39 is 6.10 Å². The van der Waals surface area contributed by atoms with Crippen molar-refractivity contribution in [3.63, 3.8) is 0 Å². The Bertz CT molecular complexity index is 860. The summed E-state index contributed by atoms with van der Waals surface area (Å²) < 4.78 is 7.09. The van der Waals surface area contributed by atoms with Crippen molar-refractivity contribution in [2.75, 3.05) is 13.7 Å². The molecule has 1 atom stereocenters. The highest BCUT2D eigenvalue weighted by Crippen LogP contribution is 2.18. The fourth-order valence-corrected chi connectivity index (χ4v) is 2.68. The number of hydrogen-bond donors (Lipinski definition) is 2. The molecule has 1 amide bonds. The average molecular weight is 339 g/mol. The van der Waals surface area contributed by atoms with Gasteiger partial charge in [-0.1, -0.05) is 24.3 Å². The molecular weight excluding hydrogens is 318 g/mol. The van der Waals surface area contributed by atoms with Crippen molar-refractivity contribution in [2.24, 2.45) is 0 Å². The number of carbonyl (C=O) groups excluding carboxylic acids is 1. The van der Waals surface area contributed by atoms with E-state index in [2.05, 4.69) is 10.3 Å². The van der Waals surface area contributed by atoms with Crippen LogP contribution in [0.15, 0.2) is 54.9 Å². The van der Waals surface area contributed by atoms with Crippen molar-refractivity contribution in [2.45, 2.75) is 19.1 Å². The Morgan fingerprint density at radius 2 is 2.12 bits per heavy atom. The number of aryl methyl sites for hydroxylation is 1. The quantitative estimate of drug-likeness (QED) is 0.692. The number of aromatic nitrogens is 2. The summed E-state index contributed by atoms with van der Waals surface area (Å²) in [5.74, 6) is 0.564.